The molecule has 0 bridgehead atoms. The fraction of sp³-hybridized carbons (Fsp3) is 0.389. The van der Waals surface area contributed by atoms with E-state index < -0.39 is 0 Å². The second kappa shape index (κ2) is 6.86. The third-order valence-corrected chi connectivity index (χ3v) is 4.64. The number of hydrogen-bond donors (Lipinski definition) is 0. The first-order chi connectivity index (χ1) is 11.6. The van der Waals surface area contributed by atoms with Gasteiger partial charge in [0, 0.05) is 45.0 Å². The van der Waals surface area contributed by atoms with Crippen molar-refractivity contribution < 1.29 is 4.79 Å². The Morgan fingerprint density at radius 1 is 1.12 bits per heavy atom. The van der Waals surface area contributed by atoms with Gasteiger partial charge in [-0.1, -0.05) is 18.2 Å². The van der Waals surface area contributed by atoms with Crippen LogP contribution >= 0.6 is 0 Å². The van der Waals surface area contributed by atoms with Gasteiger partial charge in [-0.15, -0.1) is 0 Å². The highest BCUT2D eigenvalue weighted by Gasteiger charge is 2.26. The van der Waals surface area contributed by atoms with Crippen molar-refractivity contribution >= 4 is 11.6 Å². The number of hydrogen-bond acceptors (Lipinski definition) is 4. The first-order valence-electron chi connectivity index (χ1n) is 8.18. The lowest BCUT2D eigenvalue weighted by Crippen LogP contribution is -2.46. The van der Waals surface area contributed by atoms with Crippen LogP contribution < -0.4 is 10.5 Å². The number of carbonyl (C=O) groups excluding carboxylic acids is 1. The second-order valence-corrected chi connectivity index (χ2v) is 6.15. The molecule has 1 fully saturated rings. The lowest BCUT2D eigenvalue weighted by Gasteiger charge is -2.37. The number of benzene rings is 1. The van der Waals surface area contributed by atoms with Crippen molar-refractivity contribution in [2.45, 2.75) is 18.9 Å². The molecular weight excluding hydrogens is 304 g/mol. The minimum atomic E-state index is -0.213. The van der Waals surface area contributed by atoms with E-state index in [-0.39, 0.29) is 11.5 Å². The van der Waals surface area contributed by atoms with E-state index in [1.54, 1.807) is 7.05 Å². The Hall–Kier alpha value is -2.63. The van der Waals surface area contributed by atoms with Crippen LogP contribution in [0, 0.1) is 0 Å². The summed E-state index contributed by atoms with van der Waals surface area (Å²) in [5.74, 6) is -0.105. The summed E-state index contributed by atoms with van der Waals surface area (Å²) in [7, 11) is 3.66. The van der Waals surface area contributed by atoms with Crippen molar-refractivity contribution in [1.29, 1.82) is 0 Å². The van der Waals surface area contributed by atoms with Crippen molar-refractivity contribution in [3.05, 3.63) is 58.5 Å². The molecule has 0 spiro atoms. The summed E-state index contributed by atoms with van der Waals surface area (Å²) < 4.78 is 1.20. The van der Waals surface area contributed by atoms with E-state index in [2.05, 4.69) is 29.2 Å². The van der Waals surface area contributed by atoms with Gasteiger partial charge in [0.1, 0.15) is 5.69 Å². The van der Waals surface area contributed by atoms with Crippen LogP contribution in [0.5, 0.6) is 0 Å². The highest BCUT2D eigenvalue weighted by atomic mass is 16.2. The minimum Gasteiger partial charge on any atom is -0.371 e. The molecule has 1 aliphatic heterocycles. The number of piperidine rings is 1. The molecule has 0 unspecified atom stereocenters. The van der Waals surface area contributed by atoms with Crippen molar-refractivity contribution in [3.63, 3.8) is 0 Å². The second-order valence-electron chi connectivity index (χ2n) is 6.15. The van der Waals surface area contributed by atoms with Crippen LogP contribution in [0.3, 0.4) is 0 Å². The summed E-state index contributed by atoms with van der Waals surface area (Å²) in [6.07, 6.45) is 1.84. The number of carbonyl (C=O) groups is 1. The molecule has 24 heavy (non-hydrogen) atoms. The number of para-hydroxylation sites is 1. The van der Waals surface area contributed by atoms with E-state index in [0.717, 1.165) is 12.8 Å². The van der Waals surface area contributed by atoms with Crippen molar-refractivity contribution in [2.24, 2.45) is 7.05 Å². The summed E-state index contributed by atoms with van der Waals surface area (Å²) in [5.41, 5.74) is 1.31. The van der Waals surface area contributed by atoms with E-state index in [1.807, 2.05) is 23.1 Å². The molecule has 1 aromatic carbocycles. The van der Waals surface area contributed by atoms with Gasteiger partial charge in [-0.05, 0) is 31.0 Å². The summed E-state index contributed by atoms with van der Waals surface area (Å²) in [4.78, 5) is 28.0. The Bertz CT molecular complexity index is 764. The minimum absolute atomic E-state index is 0.105. The summed E-state index contributed by atoms with van der Waals surface area (Å²) in [6.45, 7) is 1.40. The highest BCUT2D eigenvalue weighted by molar-refractivity contribution is 5.92. The Kier molecular flexibility index (Phi) is 4.64. The number of amides is 1. The predicted octanol–water partition coefficient (Wildman–Crippen LogP) is 1.52. The maximum atomic E-state index is 12.5. The lowest BCUT2D eigenvalue weighted by molar-refractivity contribution is 0.0704. The van der Waals surface area contributed by atoms with E-state index in [1.165, 1.54) is 22.5 Å². The molecule has 1 aromatic heterocycles. The number of aromatic nitrogens is 2. The van der Waals surface area contributed by atoms with Gasteiger partial charge in [0.05, 0.1) is 0 Å². The molecule has 1 saturated heterocycles. The van der Waals surface area contributed by atoms with Gasteiger partial charge < -0.3 is 9.80 Å². The number of aryl methyl sites for hydroxylation is 1. The Labute approximate surface area is 141 Å². The van der Waals surface area contributed by atoms with Gasteiger partial charge in [-0.25, -0.2) is 4.68 Å². The van der Waals surface area contributed by atoms with E-state index in [4.69, 9.17) is 0 Å². The molecule has 1 aliphatic rings. The molecule has 0 N–H and O–H groups in total. The summed E-state index contributed by atoms with van der Waals surface area (Å²) >= 11 is 0. The van der Waals surface area contributed by atoms with Crippen LogP contribution in [0.1, 0.15) is 23.3 Å². The molecule has 0 atom stereocenters. The molecular formula is C18H22N4O2. The van der Waals surface area contributed by atoms with Crippen LogP contribution in [0.4, 0.5) is 5.69 Å². The first kappa shape index (κ1) is 16.2. The summed E-state index contributed by atoms with van der Waals surface area (Å²) in [5, 5.41) is 4.05. The molecule has 6 heteroatoms. The molecule has 6 nitrogen and oxygen atoms in total. The Balaban J connectivity index is 1.63. The van der Waals surface area contributed by atoms with E-state index in [0.29, 0.717) is 24.8 Å². The first-order valence-corrected chi connectivity index (χ1v) is 8.18. The van der Waals surface area contributed by atoms with Crippen molar-refractivity contribution in [2.75, 3.05) is 25.0 Å². The highest BCUT2D eigenvalue weighted by Crippen LogP contribution is 2.22. The quantitative estimate of drug-likeness (QED) is 0.858. The number of anilines is 1. The summed E-state index contributed by atoms with van der Waals surface area (Å²) in [6, 6.07) is 13.6. The smallest absolute Gasteiger partial charge is 0.274 e. The molecule has 2 aromatic rings. The van der Waals surface area contributed by atoms with Gasteiger partial charge in [-0.3, -0.25) is 9.59 Å². The molecule has 0 radical (unpaired) electrons. The Morgan fingerprint density at radius 3 is 2.42 bits per heavy atom. The molecule has 0 saturated carbocycles. The fourth-order valence-electron chi connectivity index (χ4n) is 3.11. The van der Waals surface area contributed by atoms with E-state index in [9.17, 15) is 9.59 Å². The van der Waals surface area contributed by atoms with Gasteiger partial charge in [0.15, 0.2) is 0 Å². The fourth-order valence-corrected chi connectivity index (χ4v) is 3.11. The molecule has 126 valence electrons. The zero-order chi connectivity index (χ0) is 17.1. The van der Waals surface area contributed by atoms with Gasteiger partial charge >= 0.3 is 0 Å². The van der Waals surface area contributed by atoms with Gasteiger partial charge in [-0.2, -0.15) is 5.10 Å². The monoisotopic (exact) mass is 326 g/mol. The van der Waals surface area contributed by atoms with Crippen LogP contribution in [0.15, 0.2) is 47.3 Å². The zero-order valence-corrected chi connectivity index (χ0v) is 14.1. The third-order valence-electron chi connectivity index (χ3n) is 4.64. The maximum absolute atomic E-state index is 12.5. The number of nitrogens with zero attached hydrogens (tertiary/aromatic N) is 4. The van der Waals surface area contributed by atoms with Gasteiger partial charge in [0.2, 0.25) is 0 Å². The number of rotatable bonds is 3. The topological polar surface area (TPSA) is 58.4 Å². The van der Waals surface area contributed by atoms with Crippen LogP contribution in [-0.4, -0.2) is 46.8 Å². The maximum Gasteiger partial charge on any atom is 0.274 e. The normalized spacial score (nSPS) is 15.3. The molecule has 3 rings (SSSR count). The SMILES string of the molecule is CN(c1ccccc1)C1CCN(C(=O)c2ccc(=O)n(C)n2)CC1. The lowest BCUT2D eigenvalue weighted by atomic mass is 10.0. The van der Waals surface area contributed by atoms with Crippen LogP contribution in [-0.2, 0) is 7.05 Å². The third kappa shape index (κ3) is 3.32. The average Bonchev–Trinajstić information content (AvgIpc) is 2.63. The largest absolute Gasteiger partial charge is 0.371 e. The Morgan fingerprint density at radius 2 is 1.79 bits per heavy atom. The molecule has 2 heterocycles. The molecule has 1 amide bonds. The molecule has 0 aliphatic carbocycles. The predicted molar refractivity (Wildman–Crippen MR) is 93.2 cm³/mol. The van der Waals surface area contributed by atoms with Crippen LogP contribution in [0.2, 0.25) is 0 Å². The number of likely N-dealkylation sites (tertiary alicyclic amines) is 1. The van der Waals surface area contributed by atoms with Gasteiger partial charge in [0.25, 0.3) is 11.5 Å². The van der Waals surface area contributed by atoms with Crippen molar-refractivity contribution in [1.82, 2.24) is 14.7 Å². The van der Waals surface area contributed by atoms with Crippen molar-refractivity contribution in [3.8, 4) is 0 Å². The zero-order valence-electron chi connectivity index (χ0n) is 14.1. The average molecular weight is 326 g/mol. The standard InChI is InChI=1S/C18H22N4O2/c1-20(14-6-4-3-5-7-14)15-10-12-22(13-11-15)18(24)16-8-9-17(23)21(2)19-16/h3-9,15H,10-13H2,1-2H3. The van der Waals surface area contributed by atoms with E-state index >= 15 is 0 Å². The van der Waals surface area contributed by atoms with Crippen LogP contribution in [0.25, 0.3) is 0 Å².